The van der Waals surface area contributed by atoms with Crippen LogP contribution in [0, 0.1) is 0 Å². The van der Waals surface area contributed by atoms with Gasteiger partial charge < -0.3 is 21.3 Å². The molecule has 0 aromatic carbocycles. The molecule has 0 spiro atoms. The van der Waals surface area contributed by atoms with E-state index in [0.29, 0.717) is 37.4 Å². The Morgan fingerprint density at radius 3 is 2.42 bits per heavy atom. The summed E-state index contributed by atoms with van der Waals surface area (Å²) in [5, 5.41) is 0. The number of aromatic nitrogens is 1. The maximum Gasteiger partial charge on any atom is 0.251 e. The average Bonchev–Trinajstić information content (AvgIpc) is 2.38. The van der Waals surface area contributed by atoms with E-state index in [0.717, 1.165) is 0 Å². The molecule has 7 heteroatoms. The summed E-state index contributed by atoms with van der Waals surface area (Å²) in [6, 6.07) is 1.48. The minimum absolute atomic E-state index is 0.0604. The van der Waals surface area contributed by atoms with Gasteiger partial charge in [-0.3, -0.25) is 9.59 Å². The zero-order valence-electron chi connectivity index (χ0n) is 10.8. The molecule has 102 valence electrons. The van der Waals surface area contributed by atoms with Gasteiger partial charge in [0, 0.05) is 33.1 Å². The van der Waals surface area contributed by atoms with Gasteiger partial charge in [0.1, 0.15) is 5.82 Å². The van der Waals surface area contributed by atoms with Crippen LogP contribution in [0.5, 0.6) is 0 Å². The lowest BCUT2D eigenvalue weighted by molar-refractivity contribution is -0.129. The lowest BCUT2D eigenvalue weighted by Crippen LogP contribution is -2.48. The second-order valence-corrected chi connectivity index (χ2v) is 4.48. The summed E-state index contributed by atoms with van der Waals surface area (Å²) in [5.74, 6) is -0.205. The Bertz CT molecular complexity index is 509. The minimum atomic E-state index is -0.530. The van der Waals surface area contributed by atoms with Gasteiger partial charge in [-0.15, -0.1) is 0 Å². The molecule has 2 heterocycles. The van der Waals surface area contributed by atoms with Crippen LogP contribution < -0.4 is 16.4 Å². The second-order valence-electron chi connectivity index (χ2n) is 4.48. The molecule has 19 heavy (non-hydrogen) atoms. The standard InChI is InChI=1S/C12H17N5O2/c1-8(18)16-2-4-17(5-3-16)10-7-15-11(13)6-9(10)12(14)19/h6-7H,2-5H2,1H3,(H2,13,15)(H2,14,19). The van der Waals surface area contributed by atoms with E-state index in [4.69, 9.17) is 11.5 Å². The largest absolute Gasteiger partial charge is 0.384 e. The first-order chi connectivity index (χ1) is 8.99. The van der Waals surface area contributed by atoms with Gasteiger partial charge in [-0.2, -0.15) is 0 Å². The number of nitrogens with two attached hydrogens (primary N) is 2. The molecule has 0 radical (unpaired) electrons. The first-order valence-corrected chi connectivity index (χ1v) is 6.05. The maximum absolute atomic E-state index is 11.4. The number of hydrogen-bond donors (Lipinski definition) is 2. The number of amides is 2. The molecule has 2 amide bonds. The molecule has 0 unspecified atom stereocenters. The predicted molar refractivity (Wildman–Crippen MR) is 71.6 cm³/mol. The molecule has 1 aliphatic rings. The van der Waals surface area contributed by atoms with Crippen molar-refractivity contribution in [1.29, 1.82) is 0 Å². The monoisotopic (exact) mass is 263 g/mol. The van der Waals surface area contributed by atoms with Crippen molar-refractivity contribution < 1.29 is 9.59 Å². The van der Waals surface area contributed by atoms with Gasteiger partial charge in [0.25, 0.3) is 5.91 Å². The van der Waals surface area contributed by atoms with Crippen LogP contribution in [0.25, 0.3) is 0 Å². The summed E-state index contributed by atoms with van der Waals surface area (Å²) < 4.78 is 0. The second kappa shape index (κ2) is 5.13. The van der Waals surface area contributed by atoms with E-state index in [1.54, 1.807) is 18.0 Å². The highest BCUT2D eigenvalue weighted by molar-refractivity contribution is 5.99. The fourth-order valence-electron chi connectivity index (χ4n) is 2.18. The third kappa shape index (κ3) is 2.75. The zero-order chi connectivity index (χ0) is 14.0. The van der Waals surface area contributed by atoms with Crippen molar-refractivity contribution in [2.24, 2.45) is 5.73 Å². The Kier molecular flexibility index (Phi) is 3.55. The average molecular weight is 263 g/mol. The summed E-state index contributed by atoms with van der Waals surface area (Å²) in [6.45, 7) is 4.09. The van der Waals surface area contributed by atoms with Crippen LogP contribution >= 0.6 is 0 Å². The van der Waals surface area contributed by atoms with Crippen molar-refractivity contribution in [3.05, 3.63) is 17.8 Å². The number of hydrogen-bond acceptors (Lipinski definition) is 5. The Balaban J connectivity index is 2.20. The highest BCUT2D eigenvalue weighted by atomic mass is 16.2. The Morgan fingerprint density at radius 1 is 1.26 bits per heavy atom. The molecule has 4 N–H and O–H groups in total. The van der Waals surface area contributed by atoms with E-state index in [1.807, 2.05) is 4.90 Å². The van der Waals surface area contributed by atoms with Gasteiger partial charge in [0.05, 0.1) is 17.4 Å². The number of carbonyl (C=O) groups is 2. The number of carbonyl (C=O) groups excluding carboxylic acids is 2. The number of nitrogens with zero attached hydrogens (tertiary/aromatic N) is 3. The van der Waals surface area contributed by atoms with Gasteiger partial charge in [0.2, 0.25) is 5.91 Å². The van der Waals surface area contributed by atoms with Crippen LogP contribution in [0.3, 0.4) is 0 Å². The first-order valence-electron chi connectivity index (χ1n) is 6.05. The summed E-state index contributed by atoms with van der Waals surface area (Å²) >= 11 is 0. The molecule has 2 rings (SSSR count). The first kappa shape index (κ1) is 13.1. The van der Waals surface area contributed by atoms with Crippen molar-refractivity contribution in [1.82, 2.24) is 9.88 Å². The Labute approximate surface area is 111 Å². The number of anilines is 2. The molecule has 1 aliphatic heterocycles. The fraction of sp³-hybridized carbons (Fsp3) is 0.417. The summed E-state index contributed by atoms with van der Waals surface area (Å²) in [5.41, 5.74) is 12.0. The molecule has 0 aliphatic carbocycles. The number of primary amides is 1. The van der Waals surface area contributed by atoms with Crippen molar-refractivity contribution in [3.63, 3.8) is 0 Å². The van der Waals surface area contributed by atoms with Gasteiger partial charge in [-0.05, 0) is 6.07 Å². The molecule has 1 fully saturated rings. The lowest BCUT2D eigenvalue weighted by Gasteiger charge is -2.36. The quantitative estimate of drug-likeness (QED) is 0.743. The highest BCUT2D eigenvalue weighted by Crippen LogP contribution is 2.22. The van der Waals surface area contributed by atoms with Crippen molar-refractivity contribution in [3.8, 4) is 0 Å². The van der Waals surface area contributed by atoms with E-state index < -0.39 is 5.91 Å². The van der Waals surface area contributed by atoms with E-state index in [-0.39, 0.29) is 11.7 Å². The van der Waals surface area contributed by atoms with Crippen LogP contribution in [-0.4, -0.2) is 47.9 Å². The van der Waals surface area contributed by atoms with Crippen molar-refractivity contribution >= 4 is 23.3 Å². The molecular weight excluding hydrogens is 246 g/mol. The van der Waals surface area contributed by atoms with Crippen LogP contribution in [0.2, 0.25) is 0 Å². The summed E-state index contributed by atoms with van der Waals surface area (Å²) in [6.07, 6.45) is 1.55. The smallest absolute Gasteiger partial charge is 0.251 e. The molecule has 1 saturated heterocycles. The van der Waals surface area contributed by atoms with E-state index in [2.05, 4.69) is 4.98 Å². The number of rotatable bonds is 2. The maximum atomic E-state index is 11.4. The molecule has 1 aromatic rings. The molecule has 0 saturated carbocycles. The van der Waals surface area contributed by atoms with Crippen molar-refractivity contribution in [2.75, 3.05) is 36.8 Å². The zero-order valence-corrected chi connectivity index (χ0v) is 10.8. The van der Waals surface area contributed by atoms with Gasteiger partial charge in [0.15, 0.2) is 0 Å². The van der Waals surface area contributed by atoms with Crippen LogP contribution in [-0.2, 0) is 4.79 Å². The number of pyridine rings is 1. The number of nitrogen functional groups attached to an aromatic ring is 1. The minimum Gasteiger partial charge on any atom is -0.384 e. The van der Waals surface area contributed by atoms with E-state index in [9.17, 15) is 9.59 Å². The van der Waals surface area contributed by atoms with Crippen LogP contribution in [0.4, 0.5) is 11.5 Å². The highest BCUT2D eigenvalue weighted by Gasteiger charge is 2.22. The molecule has 7 nitrogen and oxygen atoms in total. The Morgan fingerprint density at radius 2 is 1.89 bits per heavy atom. The van der Waals surface area contributed by atoms with Crippen molar-refractivity contribution in [2.45, 2.75) is 6.92 Å². The normalized spacial score (nSPS) is 15.4. The van der Waals surface area contributed by atoms with Crippen LogP contribution in [0.15, 0.2) is 12.3 Å². The topological polar surface area (TPSA) is 106 Å². The molecule has 1 aromatic heterocycles. The lowest BCUT2D eigenvalue weighted by atomic mass is 10.1. The SMILES string of the molecule is CC(=O)N1CCN(c2cnc(N)cc2C(N)=O)CC1. The van der Waals surface area contributed by atoms with Gasteiger partial charge in [-0.1, -0.05) is 0 Å². The summed E-state index contributed by atoms with van der Waals surface area (Å²) in [4.78, 5) is 30.5. The molecule has 0 atom stereocenters. The predicted octanol–water partition coefficient (Wildman–Crippen LogP) is -0.569. The fourth-order valence-corrected chi connectivity index (χ4v) is 2.18. The molecule has 0 bridgehead atoms. The van der Waals surface area contributed by atoms with Crippen LogP contribution in [0.1, 0.15) is 17.3 Å². The molecular formula is C12H17N5O2. The Hall–Kier alpha value is -2.31. The summed E-state index contributed by atoms with van der Waals surface area (Å²) in [7, 11) is 0. The van der Waals surface area contributed by atoms with Gasteiger partial charge in [-0.25, -0.2) is 4.98 Å². The third-order valence-corrected chi connectivity index (χ3v) is 3.24. The van der Waals surface area contributed by atoms with E-state index >= 15 is 0 Å². The third-order valence-electron chi connectivity index (χ3n) is 3.24. The van der Waals surface area contributed by atoms with Gasteiger partial charge >= 0.3 is 0 Å². The van der Waals surface area contributed by atoms with E-state index in [1.165, 1.54) is 6.07 Å². The number of piperazine rings is 1.